The van der Waals surface area contributed by atoms with Crippen molar-refractivity contribution in [2.45, 2.75) is 57.0 Å². The molecule has 2 atom stereocenters. The van der Waals surface area contributed by atoms with Crippen LogP contribution in [0.25, 0.3) is 11.1 Å². The lowest BCUT2D eigenvalue weighted by atomic mass is 9.94. The van der Waals surface area contributed by atoms with E-state index in [1.54, 1.807) is 6.92 Å². The van der Waals surface area contributed by atoms with Crippen LogP contribution in [0.2, 0.25) is 0 Å². The average Bonchev–Trinajstić information content (AvgIpc) is 3.16. The molecular formula is C27H34N2O6. The lowest BCUT2D eigenvalue weighted by molar-refractivity contribution is -0.138. The highest BCUT2D eigenvalue weighted by atomic mass is 16.5. The monoisotopic (exact) mass is 482 g/mol. The number of alkyl carbamates (subject to hydrolysis) is 1. The van der Waals surface area contributed by atoms with E-state index >= 15 is 0 Å². The third-order valence-electron chi connectivity index (χ3n) is 6.51. The molecule has 1 aliphatic carbocycles. The maximum Gasteiger partial charge on any atom is 0.408 e. The molecule has 8 nitrogen and oxygen atoms in total. The van der Waals surface area contributed by atoms with Gasteiger partial charge in [0.2, 0.25) is 5.91 Å². The SMILES string of the molecule is CCCC(CC(=O)O)NC(=O)C(CC)(COC)NC(=O)OCC1c2ccccc2-c2ccccc21. The number of benzene rings is 2. The fraction of sp³-hybridized carbons (Fsp3) is 0.444. The zero-order chi connectivity index (χ0) is 25.4. The number of hydrogen-bond acceptors (Lipinski definition) is 5. The molecule has 0 bridgehead atoms. The fourth-order valence-corrected chi connectivity index (χ4v) is 4.69. The first kappa shape index (κ1) is 26.2. The number of carbonyl (C=O) groups excluding carboxylic acids is 2. The van der Waals surface area contributed by atoms with Crippen molar-refractivity contribution in [1.29, 1.82) is 0 Å². The zero-order valence-corrected chi connectivity index (χ0v) is 20.5. The Balaban J connectivity index is 1.72. The van der Waals surface area contributed by atoms with Gasteiger partial charge >= 0.3 is 12.1 Å². The first-order valence-corrected chi connectivity index (χ1v) is 12.0. The van der Waals surface area contributed by atoms with Gasteiger partial charge in [-0.2, -0.15) is 0 Å². The third kappa shape index (κ3) is 6.00. The average molecular weight is 483 g/mol. The van der Waals surface area contributed by atoms with Crippen LogP contribution in [-0.2, 0) is 19.1 Å². The quantitative estimate of drug-likeness (QED) is 0.420. The Morgan fingerprint density at radius 2 is 1.63 bits per heavy atom. The number of ether oxygens (including phenoxy) is 2. The lowest BCUT2D eigenvalue weighted by Crippen LogP contribution is -2.62. The summed E-state index contributed by atoms with van der Waals surface area (Å²) in [5.74, 6) is -1.60. The van der Waals surface area contributed by atoms with Gasteiger partial charge in [-0.15, -0.1) is 0 Å². The van der Waals surface area contributed by atoms with Gasteiger partial charge in [0.25, 0.3) is 0 Å². The second kappa shape index (κ2) is 11.8. The highest BCUT2D eigenvalue weighted by Crippen LogP contribution is 2.44. The topological polar surface area (TPSA) is 114 Å². The van der Waals surface area contributed by atoms with Gasteiger partial charge in [0.1, 0.15) is 12.1 Å². The molecule has 0 radical (unpaired) electrons. The second-order valence-corrected chi connectivity index (χ2v) is 8.88. The highest BCUT2D eigenvalue weighted by Gasteiger charge is 2.40. The lowest BCUT2D eigenvalue weighted by Gasteiger charge is -2.33. The Labute approximate surface area is 206 Å². The van der Waals surface area contributed by atoms with Crippen molar-refractivity contribution in [3.63, 3.8) is 0 Å². The summed E-state index contributed by atoms with van der Waals surface area (Å²) in [5, 5.41) is 14.7. The van der Waals surface area contributed by atoms with Crippen LogP contribution in [0.1, 0.15) is 56.6 Å². The largest absolute Gasteiger partial charge is 0.481 e. The van der Waals surface area contributed by atoms with Gasteiger partial charge in [0.15, 0.2) is 0 Å². The van der Waals surface area contributed by atoms with Crippen molar-refractivity contribution in [1.82, 2.24) is 10.6 Å². The van der Waals surface area contributed by atoms with Crippen LogP contribution in [0.3, 0.4) is 0 Å². The fourth-order valence-electron chi connectivity index (χ4n) is 4.69. The highest BCUT2D eigenvalue weighted by molar-refractivity contribution is 5.90. The summed E-state index contributed by atoms with van der Waals surface area (Å²) in [5.41, 5.74) is 3.04. The van der Waals surface area contributed by atoms with E-state index in [9.17, 15) is 19.5 Å². The van der Waals surface area contributed by atoms with Crippen molar-refractivity contribution < 1.29 is 29.0 Å². The molecule has 0 fully saturated rings. The van der Waals surface area contributed by atoms with Crippen LogP contribution in [0.15, 0.2) is 48.5 Å². The Bertz CT molecular complexity index is 1010. The molecule has 0 aliphatic heterocycles. The van der Waals surface area contributed by atoms with Crippen LogP contribution in [0.5, 0.6) is 0 Å². The van der Waals surface area contributed by atoms with Crippen LogP contribution in [-0.4, -0.2) is 55.0 Å². The number of carboxylic acids is 1. The van der Waals surface area contributed by atoms with Crippen LogP contribution < -0.4 is 10.6 Å². The molecule has 2 aromatic rings. The van der Waals surface area contributed by atoms with E-state index in [1.807, 2.05) is 43.3 Å². The number of carboxylic acid groups (broad SMARTS) is 1. The standard InChI is InChI=1S/C27H34N2O6/c1-4-10-18(15-24(30)31)28-25(32)27(5-2,17-34-3)29-26(33)35-16-23-21-13-8-6-11-19(21)20-12-7-9-14-22(20)23/h6-9,11-14,18,23H,4-5,10,15-17H2,1-3H3,(H,28,32)(H,29,33)(H,30,31). The normalized spacial score (nSPS) is 14.8. The zero-order valence-electron chi connectivity index (χ0n) is 20.5. The van der Waals surface area contributed by atoms with Crippen molar-refractivity contribution in [3.05, 3.63) is 59.7 Å². The molecule has 3 N–H and O–H groups in total. The van der Waals surface area contributed by atoms with E-state index in [0.29, 0.717) is 12.8 Å². The number of carbonyl (C=O) groups is 3. The molecule has 8 heteroatoms. The summed E-state index contributed by atoms with van der Waals surface area (Å²) in [6.07, 6.45) is 0.531. The number of fused-ring (bicyclic) bond motifs is 3. The van der Waals surface area contributed by atoms with Crippen molar-refractivity contribution in [3.8, 4) is 11.1 Å². The minimum Gasteiger partial charge on any atom is -0.481 e. The molecule has 2 unspecified atom stereocenters. The molecule has 35 heavy (non-hydrogen) atoms. The van der Waals surface area contributed by atoms with Gasteiger partial charge in [0, 0.05) is 19.1 Å². The number of amides is 2. The smallest absolute Gasteiger partial charge is 0.408 e. The first-order chi connectivity index (χ1) is 16.8. The molecule has 1 aliphatic rings. The molecule has 0 saturated carbocycles. The Morgan fingerprint density at radius 3 is 2.14 bits per heavy atom. The number of nitrogens with one attached hydrogen (secondary N) is 2. The number of aliphatic carboxylic acids is 1. The van der Waals surface area contributed by atoms with E-state index in [-0.39, 0.29) is 32.0 Å². The van der Waals surface area contributed by atoms with Gasteiger partial charge in [0.05, 0.1) is 13.0 Å². The second-order valence-electron chi connectivity index (χ2n) is 8.88. The van der Waals surface area contributed by atoms with Crippen molar-refractivity contribution in [2.24, 2.45) is 0 Å². The van der Waals surface area contributed by atoms with Gasteiger partial charge in [-0.1, -0.05) is 68.8 Å². The predicted molar refractivity (Wildman–Crippen MR) is 132 cm³/mol. The summed E-state index contributed by atoms with van der Waals surface area (Å²) >= 11 is 0. The van der Waals surface area contributed by atoms with Gasteiger partial charge in [-0.25, -0.2) is 4.79 Å². The molecule has 0 spiro atoms. The molecule has 0 heterocycles. The number of hydrogen-bond donors (Lipinski definition) is 3. The van der Waals surface area contributed by atoms with E-state index in [0.717, 1.165) is 22.3 Å². The van der Waals surface area contributed by atoms with E-state index in [1.165, 1.54) is 7.11 Å². The van der Waals surface area contributed by atoms with Crippen molar-refractivity contribution >= 4 is 18.0 Å². The summed E-state index contributed by atoms with van der Waals surface area (Å²) in [4.78, 5) is 37.3. The van der Waals surface area contributed by atoms with E-state index in [2.05, 4.69) is 22.8 Å². The summed E-state index contributed by atoms with van der Waals surface area (Å²) < 4.78 is 10.9. The summed E-state index contributed by atoms with van der Waals surface area (Å²) in [6.45, 7) is 3.71. The van der Waals surface area contributed by atoms with Gasteiger partial charge in [-0.05, 0) is 35.1 Å². The Hall–Kier alpha value is -3.39. The number of rotatable bonds is 12. The maximum absolute atomic E-state index is 13.2. The van der Waals surface area contributed by atoms with Crippen LogP contribution in [0, 0.1) is 0 Å². The number of methoxy groups -OCH3 is 1. The molecule has 2 amide bonds. The Kier molecular flexibility index (Phi) is 8.87. The van der Waals surface area contributed by atoms with Gasteiger partial charge in [-0.3, -0.25) is 9.59 Å². The van der Waals surface area contributed by atoms with E-state index < -0.39 is 29.6 Å². The molecule has 0 saturated heterocycles. The Morgan fingerprint density at radius 1 is 1.03 bits per heavy atom. The molecule has 0 aromatic heterocycles. The molecule has 188 valence electrons. The molecule has 3 rings (SSSR count). The van der Waals surface area contributed by atoms with Gasteiger partial charge < -0.3 is 25.2 Å². The first-order valence-electron chi connectivity index (χ1n) is 12.0. The van der Waals surface area contributed by atoms with E-state index in [4.69, 9.17) is 9.47 Å². The third-order valence-corrected chi connectivity index (χ3v) is 6.51. The summed E-state index contributed by atoms with van der Waals surface area (Å²) in [6, 6.07) is 15.5. The minimum atomic E-state index is -1.39. The molecular weight excluding hydrogens is 448 g/mol. The maximum atomic E-state index is 13.2. The predicted octanol–water partition coefficient (Wildman–Crippen LogP) is 4.08. The minimum absolute atomic E-state index is 0.0779. The van der Waals surface area contributed by atoms with Crippen LogP contribution in [0.4, 0.5) is 4.79 Å². The van der Waals surface area contributed by atoms with Crippen LogP contribution >= 0.6 is 0 Å². The van der Waals surface area contributed by atoms with Crippen molar-refractivity contribution in [2.75, 3.05) is 20.3 Å². The molecule has 2 aromatic carbocycles. The summed E-state index contributed by atoms with van der Waals surface area (Å²) in [7, 11) is 1.44.